The predicted octanol–water partition coefficient (Wildman–Crippen LogP) is 0.847. The Bertz CT molecular complexity index is 248. The van der Waals surface area contributed by atoms with Crippen molar-refractivity contribution >= 4 is 5.78 Å². The van der Waals surface area contributed by atoms with Gasteiger partial charge in [0.2, 0.25) is 0 Å². The predicted molar refractivity (Wildman–Crippen MR) is 60.8 cm³/mol. The lowest BCUT2D eigenvalue weighted by atomic mass is 10.1. The van der Waals surface area contributed by atoms with Gasteiger partial charge in [-0.1, -0.05) is 6.92 Å². The highest BCUT2D eigenvalue weighted by Gasteiger charge is 2.35. The maximum absolute atomic E-state index is 11.7. The van der Waals surface area contributed by atoms with E-state index in [-0.39, 0.29) is 0 Å². The van der Waals surface area contributed by atoms with E-state index in [0.29, 0.717) is 30.2 Å². The van der Waals surface area contributed by atoms with E-state index in [1.165, 1.54) is 0 Å². The molecule has 2 rings (SSSR count). The zero-order valence-corrected chi connectivity index (χ0v) is 10.1. The number of likely N-dealkylation sites (tertiary alicyclic amines) is 1. The summed E-state index contributed by atoms with van der Waals surface area (Å²) in [5, 5.41) is 0. The lowest BCUT2D eigenvalue weighted by molar-refractivity contribution is -0.121. The van der Waals surface area contributed by atoms with Gasteiger partial charge in [-0.2, -0.15) is 0 Å². The summed E-state index contributed by atoms with van der Waals surface area (Å²) < 4.78 is 0. The molecule has 0 spiro atoms. The van der Waals surface area contributed by atoms with Crippen molar-refractivity contribution in [2.24, 2.45) is 11.8 Å². The van der Waals surface area contributed by atoms with Gasteiger partial charge >= 0.3 is 0 Å². The molecule has 0 aromatic heterocycles. The van der Waals surface area contributed by atoms with Crippen LogP contribution in [0.25, 0.3) is 0 Å². The van der Waals surface area contributed by atoms with E-state index in [4.69, 9.17) is 0 Å². The minimum Gasteiger partial charge on any atom is -0.305 e. The maximum Gasteiger partial charge on any atom is 0.149 e. The van der Waals surface area contributed by atoms with Crippen LogP contribution in [0.1, 0.15) is 19.8 Å². The number of carbonyl (C=O) groups excluding carboxylic acids is 1. The number of hydrogen-bond donors (Lipinski definition) is 0. The molecule has 1 aliphatic heterocycles. The Hall–Kier alpha value is -0.410. The molecule has 1 aliphatic carbocycles. The SMILES string of the molecule is CC1CN(CC(=O)C2CC2)CC1N(C)C. The van der Waals surface area contributed by atoms with Crippen LogP contribution in [0.4, 0.5) is 0 Å². The molecule has 2 unspecified atom stereocenters. The monoisotopic (exact) mass is 210 g/mol. The molecule has 3 heteroatoms. The fraction of sp³-hybridized carbons (Fsp3) is 0.917. The molecule has 15 heavy (non-hydrogen) atoms. The van der Waals surface area contributed by atoms with Crippen molar-refractivity contribution in [2.45, 2.75) is 25.8 Å². The summed E-state index contributed by atoms with van der Waals surface area (Å²) in [6, 6.07) is 0.622. The maximum atomic E-state index is 11.7. The molecule has 2 fully saturated rings. The van der Waals surface area contributed by atoms with Crippen molar-refractivity contribution in [2.75, 3.05) is 33.7 Å². The van der Waals surface area contributed by atoms with Crippen molar-refractivity contribution in [1.29, 1.82) is 0 Å². The molecule has 0 amide bonds. The molecule has 2 aliphatic rings. The molecule has 0 aromatic rings. The molecule has 1 heterocycles. The Labute approximate surface area is 92.4 Å². The molecule has 0 bridgehead atoms. The average Bonchev–Trinajstić information content (AvgIpc) is 2.91. The van der Waals surface area contributed by atoms with E-state index in [0.717, 1.165) is 25.9 Å². The van der Waals surface area contributed by atoms with Gasteiger partial charge < -0.3 is 4.90 Å². The van der Waals surface area contributed by atoms with Gasteiger partial charge in [-0.05, 0) is 32.9 Å². The van der Waals surface area contributed by atoms with Crippen LogP contribution in [0, 0.1) is 11.8 Å². The number of Topliss-reactive ketones (excluding diaryl/α,β-unsaturated/α-hetero) is 1. The quantitative estimate of drug-likeness (QED) is 0.687. The number of likely N-dealkylation sites (N-methyl/N-ethyl adjacent to an activating group) is 1. The standard InChI is InChI=1S/C12H22N2O/c1-9-6-14(7-11(9)13(2)3)8-12(15)10-4-5-10/h9-11H,4-8H2,1-3H3. The summed E-state index contributed by atoms with van der Waals surface area (Å²) in [7, 11) is 4.26. The lowest BCUT2D eigenvalue weighted by Crippen LogP contribution is -2.35. The summed E-state index contributed by atoms with van der Waals surface area (Å²) in [5.41, 5.74) is 0. The number of ketones is 1. The molecular weight excluding hydrogens is 188 g/mol. The van der Waals surface area contributed by atoms with Gasteiger partial charge in [0.25, 0.3) is 0 Å². The van der Waals surface area contributed by atoms with Crippen LogP contribution in [-0.4, -0.2) is 55.4 Å². The summed E-state index contributed by atoms with van der Waals surface area (Å²) in [5.74, 6) is 1.58. The van der Waals surface area contributed by atoms with Gasteiger partial charge in [0.15, 0.2) is 0 Å². The molecular formula is C12H22N2O. The average molecular weight is 210 g/mol. The van der Waals surface area contributed by atoms with Crippen LogP contribution in [0.2, 0.25) is 0 Å². The molecule has 0 N–H and O–H groups in total. The van der Waals surface area contributed by atoms with Crippen LogP contribution >= 0.6 is 0 Å². The Morgan fingerprint density at radius 3 is 2.47 bits per heavy atom. The van der Waals surface area contributed by atoms with Crippen molar-refractivity contribution in [3.63, 3.8) is 0 Å². The minimum atomic E-state index is 0.415. The van der Waals surface area contributed by atoms with Crippen molar-refractivity contribution in [1.82, 2.24) is 9.80 Å². The van der Waals surface area contributed by atoms with E-state index < -0.39 is 0 Å². The van der Waals surface area contributed by atoms with Crippen LogP contribution in [0.3, 0.4) is 0 Å². The number of rotatable bonds is 4. The topological polar surface area (TPSA) is 23.6 Å². The zero-order valence-electron chi connectivity index (χ0n) is 10.1. The second-order valence-electron chi connectivity index (χ2n) is 5.44. The first-order valence-electron chi connectivity index (χ1n) is 5.99. The largest absolute Gasteiger partial charge is 0.305 e. The van der Waals surface area contributed by atoms with Crippen LogP contribution in [0.15, 0.2) is 0 Å². The third kappa shape index (κ3) is 2.58. The van der Waals surface area contributed by atoms with Crippen molar-refractivity contribution in [3.05, 3.63) is 0 Å². The second kappa shape index (κ2) is 4.22. The lowest BCUT2D eigenvalue weighted by Gasteiger charge is -2.22. The van der Waals surface area contributed by atoms with E-state index in [2.05, 4.69) is 30.8 Å². The van der Waals surface area contributed by atoms with Crippen LogP contribution in [-0.2, 0) is 4.79 Å². The Balaban J connectivity index is 1.82. The Kier molecular flexibility index (Phi) is 3.12. The molecule has 1 saturated heterocycles. The molecule has 0 radical (unpaired) electrons. The number of carbonyl (C=O) groups is 1. The Morgan fingerprint density at radius 1 is 1.33 bits per heavy atom. The molecule has 1 saturated carbocycles. The first kappa shape index (κ1) is 11.1. The Morgan fingerprint density at radius 2 is 2.00 bits per heavy atom. The van der Waals surface area contributed by atoms with Crippen LogP contribution < -0.4 is 0 Å². The molecule has 0 aromatic carbocycles. The molecule has 3 nitrogen and oxygen atoms in total. The fourth-order valence-electron chi connectivity index (χ4n) is 2.60. The third-order valence-electron chi connectivity index (χ3n) is 3.72. The molecule has 2 atom stereocenters. The van der Waals surface area contributed by atoms with Gasteiger partial charge in [-0.3, -0.25) is 9.69 Å². The highest BCUT2D eigenvalue weighted by atomic mass is 16.1. The van der Waals surface area contributed by atoms with Gasteiger partial charge in [-0.25, -0.2) is 0 Å². The van der Waals surface area contributed by atoms with Crippen molar-refractivity contribution in [3.8, 4) is 0 Å². The first-order chi connectivity index (χ1) is 7.08. The summed E-state index contributed by atoms with van der Waals surface area (Å²) >= 11 is 0. The number of hydrogen-bond acceptors (Lipinski definition) is 3. The van der Waals surface area contributed by atoms with E-state index in [1.54, 1.807) is 0 Å². The third-order valence-corrected chi connectivity index (χ3v) is 3.72. The van der Waals surface area contributed by atoms with Gasteiger partial charge in [0.05, 0.1) is 6.54 Å². The minimum absolute atomic E-state index is 0.415. The van der Waals surface area contributed by atoms with Crippen LogP contribution in [0.5, 0.6) is 0 Å². The normalized spacial score (nSPS) is 32.5. The second-order valence-corrected chi connectivity index (χ2v) is 5.44. The van der Waals surface area contributed by atoms with E-state index in [9.17, 15) is 4.79 Å². The smallest absolute Gasteiger partial charge is 0.149 e. The van der Waals surface area contributed by atoms with Gasteiger partial charge in [0.1, 0.15) is 5.78 Å². The van der Waals surface area contributed by atoms with Gasteiger partial charge in [-0.15, -0.1) is 0 Å². The number of nitrogens with zero attached hydrogens (tertiary/aromatic N) is 2. The highest BCUT2D eigenvalue weighted by molar-refractivity contribution is 5.85. The summed E-state index contributed by atoms with van der Waals surface area (Å²) in [6.07, 6.45) is 2.28. The summed E-state index contributed by atoms with van der Waals surface area (Å²) in [4.78, 5) is 16.3. The molecule has 86 valence electrons. The van der Waals surface area contributed by atoms with E-state index >= 15 is 0 Å². The van der Waals surface area contributed by atoms with E-state index in [1.807, 2.05) is 0 Å². The van der Waals surface area contributed by atoms with Crippen molar-refractivity contribution < 1.29 is 4.79 Å². The first-order valence-corrected chi connectivity index (χ1v) is 5.99. The highest BCUT2D eigenvalue weighted by Crippen LogP contribution is 2.30. The summed E-state index contributed by atoms with van der Waals surface area (Å²) in [6.45, 7) is 5.12. The zero-order chi connectivity index (χ0) is 11.0. The fourth-order valence-corrected chi connectivity index (χ4v) is 2.60. The van der Waals surface area contributed by atoms with Gasteiger partial charge in [0, 0.05) is 25.0 Å².